The Balaban J connectivity index is 1.08. The van der Waals surface area contributed by atoms with E-state index in [0.717, 1.165) is 61.9 Å². The average Bonchev–Trinajstić information content (AvgIpc) is 3.61. The minimum atomic E-state index is 0.0908. The van der Waals surface area contributed by atoms with Crippen molar-refractivity contribution in [1.29, 1.82) is 0 Å². The summed E-state index contributed by atoms with van der Waals surface area (Å²) < 4.78 is 0. The van der Waals surface area contributed by atoms with Gasteiger partial charge >= 0.3 is 0 Å². The van der Waals surface area contributed by atoms with Crippen LogP contribution >= 0.6 is 0 Å². The number of likely N-dealkylation sites (tertiary alicyclic amines) is 1. The molecule has 1 atom stereocenters. The van der Waals surface area contributed by atoms with Gasteiger partial charge in [0, 0.05) is 43.5 Å². The van der Waals surface area contributed by atoms with Crippen LogP contribution in [0.25, 0.3) is 11.1 Å². The number of piperidine rings is 1. The Hall–Kier alpha value is -3.47. The topological polar surface area (TPSA) is 62.3 Å². The van der Waals surface area contributed by atoms with Crippen LogP contribution in [0.15, 0.2) is 73.1 Å². The van der Waals surface area contributed by atoms with Crippen LogP contribution in [0.2, 0.25) is 0 Å². The summed E-state index contributed by atoms with van der Waals surface area (Å²) in [6, 6.07) is 20.4. The zero-order valence-electron chi connectivity index (χ0n) is 20.4. The molecule has 1 N–H and O–H groups in total. The molecule has 2 amide bonds. The first-order valence-corrected chi connectivity index (χ1v) is 12.7. The molecule has 1 aromatic heterocycles. The minimum Gasteiger partial charge on any atom is -0.356 e. The highest BCUT2D eigenvalue weighted by molar-refractivity contribution is 5.95. The molecule has 2 aliphatic rings. The molecule has 5 rings (SSSR count). The normalized spacial score (nSPS) is 18.3. The van der Waals surface area contributed by atoms with Gasteiger partial charge in [0.1, 0.15) is 0 Å². The fraction of sp³-hybridized carbons (Fsp3) is 0.367. The molecular weight excluding hydrogens is 434 g/mol. The maximum atomic E-state index is 13.1. The molecule has 180 valence electrons. The van der Waals surface area contributed by atoms with Gasteiger partial charge in [-0.1, -0.05) is 42.0 Å². The maximum Gasteiger partial charge on any atom is 0.253 e. The highest BCUT2D eigenvalue weighted by Crippen LogP contribution is 2.59. The zero-order valence-corrected chi connectivity index (χ0v) is 20.4. The van der Waals surface area contributed by atoms with Crippen LogP contribution in [0.5, 0.6) is 0 Å². The van der Waals surface area contributed by atoms with Gasteiger partial charge in [-0.05, 0) is 85.4 Å². The Morgan fingerprint density at radius 1 is 0.943 bits per heavy atom. The highest BCUT2D eigenvalue weighted by Gasteiger charge is 2.58. The molecule has 0 unspecified atom stereocenters. The van der Waals surface area contributed by atoms with Crippen LogP contribution in [-0.2, 0) is 11.2 Å². The second-order valence-electron chi connectivity index (χ2n) is 10.1. The smallest absolute Gasteiger partial charge is 0.253 e. The number of hydrogen-bond acceptors (Lipinski definition) is 3. The van der Waals surface area contributed by atoms with Crippen molar-refractivity contribution < 1.29 is 9.59 Å². The molecule has 35 heavy (non-hydrogen) atoms. The lowest BCUT2D eigenvalue weighted by atomic mass is 9.90. The van der Waals surface area contributed by atoms with Gasteiger partial charge < -0.3 is 10.2 Å². The van der Waals surface area contributed by atoms with Gasteiger partial charge in [0.25, 0.3) is 5.91 Å². The SMILES string of the molecule is Cc1ccc(-c2ccc(C(=O)N3CCC4(CC3)C[C@@H]4C(=O)NCCCc3ccncc3)cc2)cc1. The number of aryl methyl sites for hydroxylation is 2. The Bertz CT molecular complexity index is 1160. The molecule has 1 aliphatic heterocycles. The van der Waals surface area contributed by atoms with Crippen molar-refractivity contribution in [2.24, 2.45) is 11.3 Å². The van der Waals surface area contributed by atoms with Crippen molar-refractivity contribution >= 4 is 11.8 Å². The Morgan fingerprint density at radius 2 is 1.57 bits per heavy atom. The Morgan fingerprint density at radius 3 is 2.23 bits per heavy atom. The molecule has 5 heteroatoms. The zero-order chi connectivity index (χ0) is 24.3. The van der Waals surface area contributed by atoms with Crippen molar-refractivity contribution in [1.82, 2.24) is 15.2 Å². The van der Waals surface area contributed by atoms with Crippen molar-refractivity contribution in [2.45, 2.75) is 39.0 Å². The third kappa shape index (κ3) is 5.29. The van der Waals surface area contributed by atoms with Gasteiger partial charge in [-0.2, -0.15) is 0 Å². The quantitative estimate of drug-likeness (QED) is 0.495. The van der Waals surface area contributed by atoms with Crippen LogP contribution in [-0.4, -0.2) is 41.3 Å². The van der Waals surface area contributed by atoms with E-state index in [4.69, 9.17) is 0 Å². The predicted molar refractivity (Wildman–Crippen MR) is 138 cm³/mol. The average molecular weight is 468 g/mol. The van der Waals surface area contributed by atoms with Gasteiger partial charge in [-0.3, -0.25) is 14.6 Å². The van der Waals surface area contributed by atoms with Crippen LogP contribution in [0.1, 0.15) is 47.2 Å². The summed E-state index contributed by atoms with van der Waals surface area (Å²) in [5.74, 6) is 0.383. The lowest BCUT2D eigenvalue weighted by Crippen LogP contribution is -2.40. The first-order chi connectivity index (χ1) is 17.0. The first kappa shape index (κ1) is 23.3. The molecule has 1 aliphatic carbocycles. The largest absolute Gasteiger partial charge is 0.356 e. The summed E-state index contributed by atoms with van der Waals surface area (Å²) in [5, 5.41) is 3.13. The number of nitrogens with zero attached hydrogens (tertiary/aromatic N) is 2. The number of carbonyl (C=O) groups is 2. The summed E-state index contributed by atoms with van der Waals surface area (Å²) in [5.41, 5.74) is 5.59. The summed E-state index contributed by atoms with van der Waals surface area (Å²) in [7, 11) is 0. The minimum absolute atomic E-state index is 0.0908. The lowest BCUT2D eigenvalue weighted by Gasteiger charge is -2.33. The first-order valence-electron chi connectivity index (χ1n) is 12.7. The van der Waals surface area contributed by atoms with Gasteiger partial charge in [-0.25, -0.2) is 0 Å². The number of hydrogen-bond donors (Lipinski definition) is 1. The molecular formula is C30H33N3O2. The van der Waals surface area contributed by atoms with Gasteiger partial charge in [0.05, 0.1) is 0 Å². The summed E-state index contributed by atoms with van der Waals surface area (Å²) in [6.07, 6.45) is 8.27. The monoisotopic (exact) mass is 467 g/mol. The number of aromatic nitrogens is 1. The van der Waals surface area contributed by atoms with Gasteiger partial charge in [0.15, 0.2) is 0 Å². The Kier molecular flexibility index (Phi) is 6.67. The third-order valence-electron chi connectivity index (χ3n) is 7.76. The van der Waals surface area contributed by atoms with Crippen LogP contribution in [0.3, 0.4) is 0 Å². The van der Waals surface area contributed by atoms with E-state index in [1.54, 1.807) is 12.4 Å². The molecule has 1 saturated carbocycles. The fourth-order valence-corrected chi connectivity index (χ4v) is 5.34. The van der Waals surface area contributed by atoms with E-state index in [9.17, 15) is 9.59 Å². The van der Waals surface area contributed by atoms with Crippen LogP contribution in [0.4, 0.5) is 0 Å². The predicted octanol–water partition coefficient (Wildman–Crippen LogP) is 5.05. The Labute approximate surface area is 207 Å². The van der Waals surface area contributed by atoms with E-state index >= 15 is 0 Å². The van der Waals surface area contributed by atoms with Crippen molar-refractivity contribution in [2.75, 3.05) is 19.6 Å². The van der Waals surface area contributed by atoms with E-state index in [0.29, 0.717) is 6.54 Å². The van der Waals surface area contributed by atoms with Gasteiger partial charge in [-0.15, -0.1) is 0 Å². The van der Waals surface area contributed by atoms with E-state index in [-0.39, 0.29) is 23.1 Å². The molecule has 1 spiro atoms. The second kappa shape index (κ2) is 10.0. The number of pyridine rings is 1. The van der Waals surface area contributed by atoms with E-state index in [1.807, 2.05) is 41.3 Å². The second-order valence-corrected chi connectivity index (χ2v) is 10.1. The van der Waals surface area contributed by atoms with Crippen molar-refractivity contribution in [3.05, 3.63) is 89.7 Å². The number of amides is 2. The molecule has 2 fully saturated rings. The number of carbonyl (C=O) groups excluding carboxylic acids is 2. The number of nitrogens with one attached hydrogen (secondary N) is 1. The van der Waals surface area contributed by atoms with Crippen molar-refractivity contribution in [3.63, 3.8) is 0 Å². The molecule has 1 saturated heterocycles. The molecule has 0 radical (unpaired) electrons. The van der Waals surface area contributed by atoms with E-state index in [2.05, 4.69) is 41.5 Å². The summed E-state index contributed by atoms with van der Waals surface area (Å²) in [4.78, 5) is 31.8. The molecule has 2 aromatic carbocycles. The molecule has 2 heterocycles. The van der Waals surface area contributed by atoms with Crippen molar-refractivity contribution in [3.8, 4) is 11.1 Å². The third-order valence-corrected chi connectivity index (χ3v) is 7.76. The maximum absolute atomic E-state index is 13.1. The highest BCUT2D eigenvalue weighted by atomic mass is 16.2. The lowest BCUT2D eigenvalue weighted by molar-refractivity contribution is -0.123. The molecule has 0 bridgehead atoms. The molecule has 5 nitrogen and oxygen atoms in total. The van der Waals surface area contributed by atoms with Gasteiger partial charge in [0.2, 0.25) is 5.91 Å². The summed E-state index contributed by atoms with van der Waals surface area (Å²) in [6.45, 7) is 4.24. The van der Waals surface area contributed by atoms with Crippen LogP contribution < -0.4 is 5.32 Å². The molecule has 3 aromatic rings. The fourth-order valence-electron chi connectivity index (χ4n) is 5.34. The van der Waals surface area contributed by atoms with Crippen LogP contribution in [0, 0.1) is 18.3 Å². The van der Waals surface area contributed by atoms with E-state index in [1.165, 1.54) is 11.1 Å². The standard InChI is InChI=1S/C30H33N3O2/c1-22-4-6-24(7-5-22)25-8-10-26(11-9-25)29(35)33-19-14-30(15-20-33)21-27(30)28(34)32-16-2-3-23-12-17-31-18-13-23/h4-13,17-18,27H,2-3,14-16,19-21H2,1H3,(H,32,34)/t27-/m1/s1. The number of rotatable bonds is 7. The van der Waals surface area contributed by atoms with E-state index < -0.39 is 0 Å². The number of benzene rings is 2. The summed E-state index contributed by atoms with van der Waals surface area (Å²) >= 11 is 0.